The van der Waals surface area contributed by atoms with Crippen molar-refractivity contribution >= 4 is 29.2 Å². The second-order valence-corrected chi connectivity index (χ2v) is 8.67. The number of nitrogens with one attached hydrogen (secondary N) is 1. The van der Waals surface area contributed by atoms with E-state index in [0.29, 0.717) is 18.7 Å². The van der Waals surface area contributed by atoms with Gasteiger partial charge in [0.25, 0.3) is 5.91 Å². The average Bonchev–Trinajstić information content (AvgIpc) is 3.42. The van der Waals surface area contributed by atoms with Crippen LogP contribution in [-0.4, -0.2) is 45.6 Å². The molecule has 3 heterocycles. The normalized spacial score (nSPS) is 14.8. The number of thiophene rings is 1. The number of halogens is 1. The summed E-state index contributed by atoms with van der Waals surface area (Å²) in [6, 6.07) is 8.04. The summed E-state index contributed by atoms with van der Waals surface area (Å²) < 4.78 is 15.0. The molecule has 6 nitrogen and oxygen atoms in total. The molecule has 0 bridgehead atoms. The fourth-order valence-electron chi connectivity index (χ4n) is 3.90. The van der Waals surface area contributed by atoms with E-state index in [-0.39, 0.29) is 23.7 Å². The molecular formula is C24H25FN4O2S. The molecule has 0 atom stereocenters. The number of likely N-dealkylation sites (tertiary alicyclic amines) is 1. The van der Waals surface area contributed by atoms with Crippen LogP contribution in [0.15, 0.2) is 47.2 Å². The maximum Gasteiger partial charge on any atom is 0.252 e. The molecule has 8 heteroatoms. The lowest BCUT2D eigenvalue weighted by Crippen LogP contribution is -2.46. The van der Waals surface area contributed by atoms with E-state index in [1.807, 2.05) is 30.7 Å². The van der Waals surface area contributed by atoms with Crippen molar-refractivity contribution < 1.29 is 14.0 Å². The zero-order valence-electron chi connectivity index (χ0n) is 18.0. The third-order valence-electron chi connectivity index (χ3n) is 5.74. The third kappa shape index (κ3) is 4.80. The van der Waals surface area contributed by atoms with Crippen molar-refractivity contribution in [2.45, 2.75) is 32.7 Å². The van der Waals surface area contributed by atoms with Crippen LogP contribution in [0.25, 0.3) is 11.8 Å². The minimum atomic E-state index is -0.296. The predicted molar refractivity (Wildman–Crippen MR) is 123 cm³/mol. The number of piperidine rings is 1. The van der Waals surface area contributed by atoms with Gasteiger partial charge in [-0.15, -0.1) is 0 Å². The molecule has 3 aromatic rings. The first-order valence-electron chi connectivity index (χ1n) is 10.5. The average molecular weight is 453 g/mol. The molecule has 1 aliphatic heterocycles. The number of hydrogen-bond donors (Lipinski definition) is 1. The van der Waals surface area contributed by atoms with Crippen LogP contribution in [0.4, 0.5) is 4.39 Å². The molecule has 1 N–H and O–H groups in total. The van der Waals surface area contributed by atoms with E-state index in [2.05, 4.69) is 10.4 Å². The Balaban J connectivity index is 1.36. The van der Waals surface area contributed by atoms with Crippen LogP contribution < -0.4 is 5.32 Å². The van der Waals surface area contributed by atoms with Gasteiger partial charge in [-0.1, -0.05) is 0 Å². The van der Waals surface area contributed by atoms with Crippen molar-refractivity contribution in [1.82, 2.24) is 20.0 Å². The van der Waals surface area contributed by atoms with Crippen LogP contribution >= 0.6 is 11.3 Å². The van der Waals surface area contributed by atoms with E-state index in [4.69, 9.17) is 0 Å². The van der Waals surface area contributed by atoms with Crippen LogP contribution in [0.3, 0.4) is 0 Å². The summed E-state index contributed by atoms with van der Waals surface area (Å²) >= 11 is 1.50. The van der Waals surface area contributed by atoms with Gasteiger partial charge in [-0.3, -0.25) is 9.59 Å². The Kier molecular flexibility index (Phi) is 6.50. The lowest BCUT2D eigenvalue weighted by atomic mass is 10.0. The number of carbonyl (C=O) groups is 2. The van der Waals surface area contributed by atoms with Crippen molar-refractivity contribution in [2.24, 2.45) is 0 Å². The highest BCUT2D eigenvalue weighted by Crippen LogP contribution is 2.20. The third-order valence-corrected chi connectivity index (χ3v) is 6.42. The summed E-state index contributed by atoms with van der Waals surface area (Å²) in [5.74, 6) is -0.406. The van der Waals surface area contributed by atoms with Crippen LogP contribution in [-0.2, 0) is 4.79 Å². The van der Waals surface area contributed by atoms with E-state index >= 15 is 0 Å². The number of aryl methyl sites for hydroxylation is 1. The van der Waals surface area contributed by atoms with Crippen molar-refractivity contribution in [3.63, 3.8) is 0 Å². The quantitative estimate of drug-likeness (QED) is 0.592. The first kappa shape index (κ1) is 22.0. The number of amides is 2. The van der Waals surface area contributed by atoms with Gasteiger partial charge < -0.3 is 10.2 Å². The molecule has 2 aromatic heterocycles. The largest absolute Gasteiger partial charge is 0.349 e. The van der Waals surface area contributed by atoms with E-state index in [1.54, 1.807) is 33.9 Å². The molecule has 4 rings (SSSR count). The minimum Gasteiger partial charge on any atom is -0.349 e. The Labute approximate surface area is 190 Å². The molecule has 0 unspecified atom stereocenters. The Morgan fingerprint density at radius 1 is 1.16 bits per heavy atom. The number of nitrogens with zero attached hydrogens (tertiary/aromatic N) is 3. The summed E-state index contributed by atoms with van der Waals surface area (Å²) in [4.78, 5) is 26.7. The Morgan fingerprint density at radius 2 is 1.88 bits per heavy atom. The molecule has 1 aromatic carbocycles. The summed E-state index contributed by atoms with van der Waals surface area (Å²) in [5.41, 5.74) is 4.01. The summed E-state index contributed by atoms with van der Waals surface area (Å²) in [7, 11) is 0. The lowest BCUT2D eigenvalue weighted by molar-refractivity contribution is -0.126. The summed E-state index contributed by atoms with van der Waals surface area (Å²) in [6.07, 6.45) is 4.84. The van der Waals surface area contributed by atoms with Crippen LogP contribution in [0.1, 0.15) is 40.2 Å². The molecule has 0 saturated carbocycles. The second-order valence-electron chi connectivity index (χ2n) is 7.89. The molecule has 0 radical (unpaired) electrons. The molecule has 166 valence electrons. The van der Waals surface area contributed by atoms with Crippen LogP contribution in [0.5, 0.6) is 0 Å². The van der Waals surface area contributed by atoms with Gasteiger partial charge in [0.2, 0.25) is 5.91 Å². The van der Waals surface area contributed by atoms with Gasteiger partial charge in [0.15, 0.2) is 0 Å². The van der Waals surface area contributed by atoms with E-state index < -0.39 is 0 Å². The highest BCUT2D eigenvalue weighted by molar-refractivity contribution is 7.08. The number of aromatic nitrogens is 2. The molecule has 1 saturated heterocycles. The van der Waals surface area contributed by atoms with Crippen molar-refractivity contribution in [1.29, 1.82) is 0 Å². The van der Waals surface area contributed by atoms with Gasteiger partial charge in [0.05, 0.1) is 11.4 Å². The van der Waals surface area contributed by atoms with Gasteiger partial charge in [-0.05, 0) is 68.5 Å². The fraction of sp³-hybridized carbons (Fsp3) is 0.292. The van der Waals surface area contributed by atoms with Gasteiger partial charge in [0, 0.05) is 47.4 Å². The standard InChI is InChI=1S/C24H25FN4O2S/c1-16-22(17(2)29(27-16)21-5-3-19(25)4-6-21)7-8-23(30)28-12-9-20(10-13-28)26-24(31)18-11-14-32-15-18/h3-8,11,14-15,20H,9-10,12-13H2,1-2H3,(H,26,31)/b8-7+. The Bertz CT molecular complexity index is 1130. The Morgan fingerprint density at radius 3 is 2.53 bits per heavy atom. The second kappa shape index (κ2) is 9.48. The predicted octanol–water partition coefficient (Wildman–Crippen LogP) is 4.12. The molecular weight excluding hydrogens is 427 g/mol. The first-order chi connectivity index (χ1) is 15.4. The molecule has 0 spiro atoms. The van der Waals surface area contributed by atoms with Crippen molar-refractivity contribution in [3.8, 4) is 5.69 Å². The van der Waals surface area contributed by atoms with Gasteiger partial charge >= 0.3 is 0 Å². The highest BCUT2D eigenvalue weighted by Gasteiger charge is 2.23. The lowest BCUT2D eigenvalue weighted by Gasteiger charge is -2.31. The molecule has 0 aliphatic carbocycles. The maximum absolute atomic E-state index is 13.2. The number of hydrogen-bond acceptors (Lipinski definition) is 4. The summed E-state index contributed by atoms with van der Waals surface area (Å²) in [6.45, 7) is 5.02. The van der Waals surface area contributed by atoms with Gasteiger partial charge in [0.1, 0.15) is 5.82 Å². The first-order valence-corrected chi connectivity index (χ1v) is 11.5. The minimum absolute atomic E-state index is 0.0547. The number of benzene rings is 1. The smallest absolute Gasteiger partial charge is 0.252 e. The molecule has 1 fully saturated rings. The van der Waals surface area contributed by atoms with E-state index in [1.165, 1.54) is 23.5 Å². The zero-order valence-corrected chi connectivity index (χ0v) is 18.9. The van der Waals surface area contributed by atoms with E-state index in [0.717, 1.165) is 35.5 Å². The van der Waals surface area contributed by atoms with Crippen molar-refractivity contribution in [2.75, 3.05) is 13.1 Å². The van der Waals surface area contributed by atoms with Crippen LogP contribution in [0, 0.1) is 19.7 Å². The van der Waals surface area contributed by atoms with Gasteiger partial charge in [-0.25, -0.2) is 9.07 Å². The SMILES string of the molecule is Cc1nn(-c2ccc(F)cc2)c(C)c1/C=C/C(=O)N1CCC(NC(=O)c2ccsc2)CC1. The zero-order chi connectivity index (χ0) is 22.7. The molecule has 1 aliphatic rings. The van der Waals surface area contributed by atoms with Crippen molar-refractivity contribution in [3.05, 3.63) is 75.5 Å². The summed E-state index contributed by atoms with van der Waals surface area (Å²) in [5, 5.41) is 11.3. The van der Waals surface area contributed by atoms with Gasteiger partial charge in [-0.2, -0.15) is 16.4 Å². The monoisotopic (exact) mass is 452 g/mol. The molecule has 2 amide bonds. The highest BCUT2D eigenvalue weighted by atomic mass is 32.1. The maximum atomic E-state index is 13.2. The van der Waals surface area contributed by atoms with Crippen LogP contribution in [0.2, 0.25) is 0 Å². The number of carbonyl (C=O) groups excluding carboxylic acids is 2. The van der Waals surface area contributed by atoms with E-state index in [9.17, 15) is 14.0 Å². The Hall–Kier alpha value is -3.26. The molecule has 32 heavy (non-hydrogen) atoms. The fourth-order valence-corrected chi connectivity index (χ4v) is 4.53. The number of rotatable bonds is 5. The topological polar surface area (TPSA) is 67.2 Å².